The summed E-state index contributed by atoms with van der Waals surface area (Å²) in [5.41, 5.74) is 16.4. The van der Waals surface area contributed by atoms with Gasteiger partial charge in [-0.2, -0.15) is 0 Å². The largest absolute Gasteiger partial charge is 0.310 e. The van der Waals surface area contributed by atoms with Crippen LogP contribution in [0.1, 0.15) is 22.3 Å². The predicted molar refractivity (Wildman–Crippen MR) is 256 cm³/mol. The molecule has 2 heteroatoms. The quantitative estimate of drug-likeness (QED) is 0.156. The van der Waals surface area contributed by atoms with Crippen molar-refractivity contribution in [3.63, 3.8) is 0 Å². The molecular formula is C59H40N2. The first kappa shape index (κ1) is 35.0. The van der Waals surface area contributed by atoms with E-state index in [1.54, 1.807) is 0 Å². The summed E-state index contributed by atoms with van der Waals surface area (Å²) in [4.78, 5) is 2.46. The fourth-order valence-corrected chi connectivity index (χ4v) is 10.3. The zero-order valence-corrected chi connectivity index (χ0v) is 33.5. The van der Waals surface area contributed by atoms with Crippen molar-refractivity contribution in [1.82, 2.24) is 4.57 Å². The SMILES string of the molecule is c1ccc(-c2ccc(N(c3ccc(-n4c5ccccc5c5ccccc54)cc3)c3cccc(C4(c5ccccc5)c5ccccc5-c5ccccc54)c3)c3ccccc23)cc1. The maximum atomic E-state index is 2.46. The van der Waals surface area contributed by atoms with Gasteiger partial charge >= 0.3 is 0 Å². The van der Waals surface area contributed by atoms with Crippen molar-refractivity contribution in [1.29, 1.82) is 0 Å². The fraction of sp³-hybridized carbons (Fsp3) is 0.0169. The Bertz CT molecular complexity index is 3320. The van der Waals surface area contributed by atoms with Crippen LogP contribution in [0.3, 0.4) is 0 Å². The van der Waals surface area contributed by atoms with E-state index in [-0.39, 0.29) is 0 Å². The van der Waals surface area contributed by atoms with Crippen LogP contribution in [-0.2, 0) is 5.41 Å². The molecule has 0 aliphatic heterocycles. The second kappa shape index (κ2) is 14.1. The van der Waals surface area contributed by atoms with Crippen molar-refractivity contribution in [2.75, 3.05) is 4.90 Å². The van der Waals surface area contributed by atoms with Gasteiger partial charge in [0, 0.05) is 33.2 Å². The van der Waals surface area contributed by atoms with Gasteiger partial charge in [0.2, 0.25) is 0 Å². The summed E-state index contributed by atoms with van der Waals surface area (Å²) >= 11 is 0. The number of hydrogen-bond acceptors (Lipinski definition) is 1. The van der Waals surface area contributed by atoms with Crippen molar-refractivity contribution in [3.8, 4) is 27.9 Å². The molecular weight excluding hydrogens is 737 g/mol. The molecule has 61 heavy (non-hydrogen) atoms. The minimum absolute atomic E-state index is 0.518. The predicted octanol–water partition coefficient (Wildman–Crippen LogP) is 15.4. The molecule has 11 aromatic rings. The van der Waals surface area contributed by atoms with Crippen molar-refractivity contribution in [3.05, 3.63) is 265 Å². The summed E-state index contributed by atoms with van der Waals surface area (Å²) in [6.07, 6.45) is 0. The molecule has 1 aromatic heterocycles. The van der Waals surface area contributed by atoms with E-state index in [9.17, 15) is 0 Å². The zero-order valence-electron chi connectivity index (χ0n) is 33.5. The summed E-state index contributed by atoms with van der Waals surface area (Å²) in [7, 11) is 0. The second-order valence-corrected chi connectivity index (χ2v) is 16.0. The Kier molecular flexibility index (Phi) is 8.11. The van der Waals surface area contributed by atoms with Gasteiger partial charge in [-0.3, -0.25) is 0 Å². The van der Waals surface area contributed by atoms with E-state index >= 15 is 0 Å². The van der Waals surface area contributed by atoms with Crippen LogP contribution >= 0.6 is 0 Å². The van der Waals surface area contributed by atoms with Gasteiger partial charge in [-0.1, -0.05) is 188 Å². The molecule has 0 atom stereocenters. The molecule has 0 saturated carbocycles. The van der Waals surface area contributed by atoms with Gasteiger partial charge in [0.1, 0.15) is 0 Å². The minimum Gasteiger partial charge on any atom is -0.310 e. The van der Waals surface area contributed by atoms with Crippen molar-refractivity contribution >= 4 is 49.6 Å². The number of anilines is 3. The average molecular weight is 777 g/mol. The van der Waals surface area contributed by atoms with Gasteiger partial charge < -0.3 is 9.47 Å². The lowest BCUT2D eigenvalue weighted by Gasteiger charge is -2.35. The van der Waals surface area contributed by atoms with Gasteiger partial charge in [-0.15, -0.1) is 0 Å². The lowest BCUT2D eigenvalue weighted by Crippen LogP contribution is -2.28. The van der Waals surface area contributed by atoms with Crippen LogP contribution in [0.25, 0.3) is 60.5 Å². The van der Waals surface area contributed by atoms with Crippen LogP contribution in [0.4, 0.5) is 17.1 Å². The Balaban J connectivity index is 1.10. The first-order chi connectivity index (χ1) is 30.3. The van der Waals surface area contributed by atoms with Gasteiger partial charge in [-0.05, 0) is 104 Å². The molecule has 1 aliphatic carbocycles. The molecule has 286 valence electrons. The first-order valence-electron chi connectivity index (χ1n) is 21.1. The van der Waals surface area contributed by atoms with Crippen molar-refractivity contribution < 1.29 is 0 Å². The van der Waals surface area contributed by atoms with Crippen LogP contribution < -0.4 is 4.90 Å². The van der Waals surface area contributed by atoms with Crippen LogP contribution in [0.5, 0.6) is 0 Å². The molecule has 0 amide bonds. The molecule has 0 unspecified atom stereocenters. The molecule has 2 nitrogen and oxygen atoms in total. The summed E-state index contributed by atoms with van der Waals surface area (Å²) in [6.45, 7) is 0. The van der Waals surface area contributed by atoms with E-state index in [0.29, 0.717) is 0 Å². The van der Waals surface area contributed by atoms with Crippen LogP contribution in [-0.4, -0.2) is 4.57 Å². The molecule has 12 rings (SSSR count). The number of para-hydroxylation sites is 2. The van der Waals surface area contributed by atoms with Gasteiger partial charge in [-0.25, -0.2) is 0 Å². The Labute approximate surface area is 355 Å². The van der Waals surface area contributed by atoms with E-state index in [4.69, 9.17) is 0 Å². The van der Waals surface area contributed by atoms with E-state index in [0.717, 1.165) is 22.7 Å². The lowest BCUT2D eigenvalue weighted by atomic mass is 9.67. The highest BCUT2D eigenvalue weighted by Crippen LogP contribution is 2.56. The Morgan fingerprint density at radius 1 is 0.328 bits per heavy atom. The minimum atomic E-state index is -0.518. The highest BCUT2D eigenvalue weighted by Gasteiger charge is 2.46. The number of hydrogen-bond donors (Lipinski definition) is 0. The molecule has 0 fully saturated rings. The molecule has 1 heterocycles. The highest BCUT2D eigenvalue weighted by atomic mass is 15.1. The van der Waals surface area contributed by atoms with Crippen LogP contribution in [0, 0.1) is 0 Å². The normalized spacial score (nSPS) is 12.7. The van der Waals surface area contributed by atoms with E-state index in [1.165, 1.54) is 77.1 Å². The zero-order chi connectivity index (χ0) is 40.3. The molecule has 0 spiro atoms. The fourth-order valence-electron chi connectivity index (χ4n) is 10.3. The number of aromatic nitrogens is 1. The average Bonchev–Trinajstić information content (AvgIpc) is 3.84. The highest BCUT2D eigenvalue weighted by molar-refractivity contribution is 6.09. The van der Waals surface area contributed by atoms with E-state index < -0.39 is 5.41 Å². The summed E-state index contributed by atoms with van der Waals surface area (Å²) in [5.74, 6) is 0. The van der Waals surface area contributed by atoms with Gasteiger partial charge in [0.25, 0.3) is 0 Å². The van der Waals surface area contributed by atoms with E-state index in [2.05, 4.69) is 252 Å². The molecule has 0 saturated heterocycles. The Hall–Kier alpha value is -7.94. The van der Waals surface area contributed by atoms with Crippen LogP contribution in [0.2, 0.25) is 0 Å². The molecule has 10 aromatic carbocycles. The number of nitrogens with zero attached hydrogens (tertiary/aromatic N) is 2. The maximum absolute atomic E-state index is 2.46. The van der Waals surface area contributed by atoms with E-state index in [1.807, 2.05) is 0 Å². The topological polar surface area (TPSA) is 8.17 Å². The summed E-state index contributed by atoms with van der Waals surface area (Å²) in [5, 5.41) is 4.92. The second-order valence-electron chi connectivity index (χ2n) is 16.0. The molecule has 1 aliphatic rings. The molecule has 0 radical (unpaired) electrons. The van der Waals surface area contributed by atoms with Gasteiger partial charge in [0.05, 0.1) is 22.1 Å². The summed E-state index contributed by atoms with van der Waals surface area (Å²) in [6, 6.07) is 89.1. The summed E-state index contributed by atoms with van der Waals surface area (Å²) < 4.78 is 2.39. The van der Waals surface area contributed by atoms with Crippen molar-refractivity contribution in [2.45, 2.75) is 5.41 Å². The van der Waals surface area contributed by atoms with Crippen LogP contribution in [0.15, 0.2) is 243 Å². The maximum Gasteiger partial charge on any atom is 0.0714 e. The third-order valence-electron chi connectivity index (χ3n) is 12.9. The van der Waals surface area contributed by atoms with Crippen molar-refractivity contribution in [2.24, 2.45) is 0 Å². The number of fused-ring (bicyclic) bond motifs is 7. The van der Waals surface area contributed by atoms with Gasteiger partial charge in [0.15, 0.2) is 0 Å². The first-order valence-corrected chi connectivity index (χ1v) is 21.1. The monoisotopic (exact) mass is 776 g/mol. The Morgan fingerprint density at radius 2 is 0.852 bits per heavy atom. The Morgan fingerprint density at radius 3 is 1.51 bits per heavy atom. The third-order valence-corrected chi connectivity index (χ3v) is 12.9. The lowest BCUT2D eigenvalue weighted by molar-refractivity contribution is 0.768. The number of benzene rings is 10. The smallest absolute Gasteiger partial charge is 0.0714 e. The standard InChI is InChI=1S/C59H40N2/c1-3-18-41(19-4-1)47-38-39-58(51-27-8-7-24-48(47)51)60(44-34-36-45(37-35-44)61-56-32-15-11-28-52(56)53-29-12-16-33-57(53)61)46-23-17-22-43(40-46)59(42-20-5-2-6-21-42)54-30-13-9-25-49(54)50-26-10-14-31-55(50)59/h1-40H. The molecule has 0 N–H and O–H groups in total. The molecule has 0 bridgehead atoms. The number of rotatable bonds is 7. The third kappa shape index (κ3) is 5.36.